The third kappa shape index (κ3) is 1.27. The molecule has 2 heterocycles. The van der Waals surface area contributed by atoms with E-state index in [-0.39, 0.29) is 30.2 Å². The highest BCUT2D eigenvalue weighted by Crippen LogP contribution is 2.62. The van der Waals surface area contributed by atoms with Crippen molar-refractivity contribution in [3.05, 3.63) is 23.2 Å². The number of likely N-dealkylation sites (N-methyl/N-ethyl adjacent to an activating group) is 1. The van der Waals surface area contributed by atoms with Crippen LogP contribution in [0.25, 0.3) is 0 Å². The third-order valence-corrected chi connectivity index (χ3v) is 5.55. The predicted octanol–water partition coefficient (Wildman–Crippen LogP) is 1.93. The molecule has 0 amide bonds. The van der Waals surface area contributed by atoms with E-state index >= 15 is 0 Å². The Morgan fingerprint density at radius 2 is 2.55 bits per heavy atom. The summed E-state index contributed by atoms with van der Waals surface area (Å²) in [6.07, 6.45) is -5.21. The minimum atomic E-state index is -2.97. The van der Waals surface area contributed by atoms with Gasteiger partial charge in [-0.25, -0.2) is 0 Å². The maximum atomic E-state index is 13.3. The highest BCUT2D eigenvalue weighted by atomic mass is 16.5. The fraction of sp³-hybridized carbons (Fsp3) is 0.611. The number of methoxy groups -OCH3 is 1. The summed E-state index contributed by atoms with van der Waals surface area (Å²) in [6.45, 7) is 0.413. The Bertz CT molecular complexity index is 1040. The lowest BCUT2D eigenvalue weighted by Crippen LogP contribution is -2.65. The number of nitrogens with zero attached hydrogens (tertiary/aromatic N) is 1. The van der Waals surface area contributed by atoms with Crippen LogP contribution in [0.4, 0.5) is 0 Å². The van der Waals surface area contributed by atoms with Crippen molar-refractivity contribution in [2.45, 2.75) is 43.2 Å². The summed E-state index contributed by atoms with van der Waals surface area (Å²) in [5.74, 6) is -3.61. The second-order valence-electron chi connectivity index (χ2n) is 6.36. The van der Waals surface area contributed by atoms with Crippen LogP contribution in [0.3, 0.4) is 0 Å². The molecule has 4 nitrogen and oxygen atoms in total. The minimum absolute atomic E-state index is 0.124. The van der Waals surface area contributed by atoms with Gasteiger partial charge in [0.15, 0.2) is 23.4 Å². The minimum Gasteiger partial charge on any atom is -0.493 e. The van der Waals surface area contributed by atoms with Crippen LogP contribution in [-0.2, 0) is 16.6 Å². The largest absolute Gasteiger partial charge is 0.493 e. The van der Waals surface area contributed by atoms with Gasteiger partial charge >= 0.3 is 0 Å². The number of piperidine rings is 1. The van der Waals surface area contributed by atoms with E-state index in [4.69, 9.17) is 20.4 Å². The van der Waals surface area contributed by atoms with Gasteiger partial charge in [-0.15, -0.1) is 0 Å². The average molecular weight is 308 g/mol. The van der Waals surface area contributed by atoms with Gasteiger partial charge in [0.2, 0.25) is 0 Å². The molecule has 0 aromatic heterocycles. The van der Waals surface area contributed by atoms with E-state index in [0.717, 1.165) is 0 Å². The first-order chi connectivity index (χ1) is 14.1. The maximum Gasteiger partial charge on any atom is 0.174 e. The monoisotopic (exact) mass is 308 g/mol. The van der Waals surface area contributed by atoms with Gasteiger partial charge < -0.3 is 14.4 Å². The normalized spacial score (nSPS) is 54.0. The highest BCUT2D eigenvalue weighted by molar-refractivity contribution is 5.89. The molecular formula is C18H21NO3. The highest BCUT2D eigenvalue weighted by Gasteiger charge is 2.65. The number of carbonyl (C=O) groups excluding carboxylic acids is 1. The second kappa shape index (κ2) is 4.05. The molecule has 4 heteroatoms. The van der Waals surface area contributed by atoms with Crippen LogP contribution < -0.4 is 9.47 Å². The summed E-state index contributed by atoms with van der Waals surface area (Å²) >= 11 is 0. The molecule has 0 radical (unpaired) electrons. The lowest BCUT2D eigenvalue weighted by molar-refractivity contribution is -0.138. The van der Waals surface area contributed by atoms with Gasteiger partial charge in [-0.1, -0.05) is 6.04 Å². The first kappa shape index (κ1) is 6.91. The van der Waals surface area contributed by atoms with Crippen molar-refractivity contribution in [3.8, 4) is 11.5 Å². The van der Waals surface area contributed by atoms with Gasteiger partial charge in [0.1, 0.15) is 0 Å². The molecule has 1 aromatic rings. The average Bonchev–Trinajstić information content (AvgIpc) is 2.90. The molecule has 0 N–H and O–H groups in total. The molecule has 1 saturated carbocycles. The van der Waals surface area contributed by atoms with Crippen molar-refractivity contribution in [1.29, 1.82) is 0 Å². The zero-order chi connectivity index (χ0) is 22.9. The Kier molecular flexibility index (Phi) is 1.27. The fourth-order valence-electron chi connectivity index (χ4n) is 4.57. The number of carbonyl (C=O) groups is 1. The molecule has 1 unspecified atom stereocenters. The number of ketones is 1. The number of rotatable bonds is 1. The lowest BCUT2D eigenvalue weighted by Gasteiger charge is -2.57. The van der Waals surface area contributed by atoms with E-state index in [0.29, 0.717) is 12.1 Å². The van der Waals surface area contributed by atoms with Crippen LogP contribution in [0.1, 0.15) is 42.7 Å². The standard InChI is InChI=1S/C18H21NO3/c1-19-8-7-18-11-4-5-13(20)17(18)22-16-14(21-2)6-3-10(15(16)18)9-12(11)19/h3,6,11-12,17H,4-5,7-9H2,1-2H3/t11-,12+,17?,18-/m0/s1/i2D3,3D,5D2,6D,11D,17D. The Hall–Kier alpha value is -1.55. The molecule has 4 aliphatic rings. The summed E-state index contributed by atoms with van der Waals surface area (Å²) in [7, 11) is -1.19. The number of benzene rings is 1. The summed E-state index contributed by atoms with van der Waals surface area (Å²) in [5, 5.41) is 0. The molecule has 2 aliphatic carbocycles. The van der Waals surface area contributed by atoms with Crippen molar-refractivity contribution in [3.63, 3.8) is 0 Å². The Labute approximate surface area is 143 Å². The van der Waals surface area contributed by atoms with E-state index in [9.17, 15) is 6.17 Å². The number of hydrogen-bond acceptors (Lipinski definition) is 4. The van der Waals surface area contributed by atoms with Crippen molar-refractivity contribution in [2.24, 2.45) is 5.89 Å². The summed E-state index contributed by atoms with van der Waals surface area (Å²) in [4.78, 5) is 15.1. The van der Waals surface area contributed by atoms with Gasteiger partial charge in [0.05, 0.1) is 15.3 Å². The van der Waals surface area contributed by atoms with Crippen molar-refractivity contribution < 1.29 is 26.6 Å². The van der Waals surface area contributed by atoms with Gasteiger partial charge in [-0.3, -0.25) is 4.79 Å². The van der Waals surface area contributed by atoms with Crippen LogP contribution in [0.5, 0.6) is 11.5 Å². The summed E-state index contributed by atoms with van der Waals surface area (Å²) in [6, 6.07) is -1.42. The predicted molar refractivity (Wildman–Crippen MR) is 81.6 cm³/mol. The Balaban J connectivity index is 1.91. The Morgan fingerprint density at radius 3 is 3.41 bits per heavy atom. The molecule has 5 rings (SSSR count). The summed E-state index contributed by atoms with van der Waals surface area (Å²) in [5.41, 5.74) is -1.06. The van der Waals surface area contributed by atoms with Crippen molar-refractivity contribution in [2.75, 3.05) is 20.6 Å². The van der Waals surface area contributed by atoms with Crippen LogP contribution in [-0.4, -0.2) is 43.4 Å². The number of Topliss-reactive ketones (excluding diaryl/α,β-unsaturated/α-hetero) is 1. The first-order valence-corrected chi connectivity index (χ1v) is 7.40. The van der Waals surface area contributed by atoms with E-state index in [1.807, 2.05) is 4.90 Å². The zero-order valence-corrected chi connectivity index (χ0v) is 12.1. The number of likely N-dealkylation sites (tertiary alicyclic amines) is 1. The van der Waals surface area contributed by atoms with E-state index < -0.39 is 60.8 Å². The second-order valence-corrected chi connectivity index (χ2v) is 6.36. The van der Waals surface area contributed by atoms with E-state index in [1.54, 1.807) is 7.05 Å². The van der Waals surface area contributed by atoms with Crippen LogP contribution in [0.15, 0.2) is 12.1 Å². The molecule has 2 aliphatic heterocycles. The van der Waals surface area contributed by atoms with Crippen LogP contribution >= 0.6 is 0 Å². The molecule has 4 atom stereocenters. The molecule has 22 heavy (non-hydrogen) atoms. The summed E-state index contributed by atoms with van der Waals surface area (Å²) < 4.78 is 85.2. The first-order valence-electron chi connectivity index (χ1n) is 11.9. The van der Waals surface area contributed by atoms with Crippen LogP contribution in [0.2, 0.25) is 0 Å². The SMILES string of the molecule is [2H]c1c([2H])c(OC([2H])([2H])[2H])c2c3c1C[C@H]1N(C)CC[C@@]34C([2H])(O2)C(=O)C([2H])([2H])C[C@@]14[2H]. The van der Waals surface area contributed by atoms with E-state index in [2.05, 4.69) is 0 Å². The van der Waals surface area contributed by atoms with Crippen LogP contribution in [0, 0.1) is 5.89 Å². The maximum absolute atomic E-state index is 13.3. The topological polar surface area (TPSA) is 38.8 Å². The van der Waals surface area contributed by atoms with Gasteiger partial charge in [0, 0.05) is 27.5 Å². The molecule has 1 saturated heterocycles. The zero-order valence-electron chi connectivity index (χ0n) is 21.1. The van der Waals surface area contributed by atoms with E-state index in [1.165, 1.54) is 0 Å². The smallest absolute Gasteiger partial charge is 0.174 e. The lowest BCUT2D eigenvalue weighted by atomic mass is 9.52. The number of hydrogen-bond donors (Lipinski definition) is 0. The number of ether oxygens (including phenoxy) is 2. The van der Waals surface area contributed by atoms with Gasteiger partial charge in [0.25, 0.3) is 0 Å². The molecule has 2 bridgehead atoms. The fourth-order valence-corrected chi connectivity index (χ4v) is 4.57. The van der Waals surface area contributed by atoms with Crippen molar-refractivity contribution >= 4 is 5.78 Å². The van der Waals surface area contributed by atoms with Crippen molar-refractivity contribution in [1.82, 2.24) is 4.90 Å². The quantitative estimate of drug-likeness (QED) is 0.795. The molecule has 116 valence electrons. The Morgan fingerprint density at radius 1 is 1.64 bits per heavy atom. The molecular weight excluding hydrogens is 278 g/mol. The van der Waals surface area contributed by atoms with Gasteiger partial charge in [-0.05, 0) is 50.4 Å². The molecule has 2 fully saturated rings. The van der Waals surface area contributed by atoms with Gasteiger partial charge in [-0.2, -0.15) is 0 Å². The third-order valence-electron chi connectivity index (χ3n) is 5.55. The molecule has 1 aromatic carbocycles. The molecule has 1 spiro atoms.